The Labute approximate surface area is 234 Å². The lowest BCUT2D eigenvalue weighted by Crippen LogP contribution is -1.96. The third-order valence-electron chi connectivity index (χ3n) is 7.56. The molecule has 0 unspecified atom stereocenters. The zero-order chi connectivity index (χ0) is 26.6. The molecule has 0 radical (unpaired) electrons. The smallest absolute Gasteiger partial charge is 0.140 e. The summed E-state index contributed by atoms with van der Waals surface area (Å²) < 4.78 is 4.52. The molecule has 4 aromatic heterocycles. The van der Waals surface area contributed by atoms with Crippen molar-refractivity contribution in [3.8, 4) is 38.9 Å². The predicted molar refractivity (Wildman–Crippen MR) is 165 cm³/mol. The van der Waals surface area contributed by atoms with E-state index in [4.69, 9.17) is 9.97 Å². The van der Waals surface area contributed by atoms with Crippen molar-refractivity contribution in [2.45, 2.75) is 0 Å². The Kier molecular flexibility index (Phi) is 5.15. The van der Waals surface area contributed by atoms with Crippen LogP contribution in [-0.2, 0) is 7.05 Å². The minimum Gasteiger partial charge on any atom is -0.327 e. The molecule has 0 aliphatic carbocycles. The van der Waals surface area contributed by atoms with Gasteiger partial charge in [-0.05, 0) is 48.5 Å². The Hall–Kier alpha value is -5.07. The summed E-state index contributed by atoms with van der Waals surface area (Å²) in [7, 11) is 2.08. The maximum Gasteiger partial charge on any atom is 0.140 e. The van der Waals surface area contributed by atoms with Gasteiger partial charge in [0, 0.05) is 58.0 Å². The van der Waals surface area contributed by atoms with Gasteiger partial charge in [0.05, 0.1) is 27.8 Å². The molecule has 0 fully saturated rings. The molecule has 4 aromatic carbocycles. The summed E-state index contributed by atoms with van der Waals surface area (Å²) in [6, 6.07) is 36.3. The molecule has 0 N–H and O–H groups in total. The van der Waals surface area contributed by atoms with Crippen molar-refractivity contribution in [1.82, 2.24) is 24.1 Å². The molecule has 0 aliphatic heterocycles. The van der Waals surface area contributed by atoms with Crippen LogP contribution in [0.4, 0.5) is 0 Å². The van der Waals surface area contributed by atoms with Crippen molar-refractivity contribution in [2.24, 2.45) is 7.05 Å². The van der Waals surface area contributed by atoms with Crippen molar-refractivity contribution in [2.75, 3.05) is 0 Å². The van der Waals surface area contributed by atoms with Gasteiger partial charge in [-0.25, -0.2) is 9.97 Å². The fourth-order valence-electron chi connectivity index (χ4n) is 5.65. The van der Waals surface area contributed by atoms with Crippen LogP contribution in [0.2, 0.25) is 0 Å². The Morgan fingerprint density at radius 2 is 1.48 bits per heavy atom. The van der Waals surface area contributed by atoms with Gasteiger partial charge in [0.15, 0.2) is 0 Å². The number of imidazole rings is 1. The molecular weight excluding hydrogens is 510 g/mol. The van der Waals surface area contributed by atoms with Gasteiger partial charge in [-0.2, -0.15) is 0 Å². The first-order valence-corrected chi connectivity index (χ1v) is 14.0. The molecule has 190 valence electrons. The van der Waals surface area contributed by atoms with Gasteiger partial charge in [0.2, 0.25) is 0 Å². The molecule has 0 saturated carbocycles. The number of thiazole rings is 1. The van der Waals surface area contributed by atoms with Crippen LogP contribution in [0.25, 0.3) is 71.7 Å². The van der Waals surface area contributed by atoms with Gasteiger partial charge in [-0.15, -0.1) is 11.3 Å². The van der Waals surface area contributed by atoms with E-state index in [2.05, 4.69) is 118 Å². The van der Waals surface area contributed by atoms with Gasteiger partial charge in [0.25, 0.3) is 0 Å². The molecule has 0 saturated heterocycles. The minimum atomic E-state index is 0.934. The van der Waals surface area contributed by atoms with Crippen molar-refractivity contribution in [3.05, 3.63) is 121 Å². The number of fused-ring (bicyclic) bond motifs is 4. The highest BCUT2D eigenvalue weighted by Crippen LogP contribution is 2.36. The third-order valence-corrected chi connectivity index (χ3v) is 8.38. The summed E-state index contributed by atoms with van der Waals surface area (Å²) in [5.41, 5.74) is 9.66. The first-order chi connectivity index (χ1) is 19.7. The number of para-hydroxylation sites is 3. The van der Waals surface area contributed by atoms with Crippen LogP contribution in [0.3, 0.4) is 0 Å². The summed E-state index contributed by atoms with van der Waals surface area (Å²) in [6.07, 6.45) is 3.73. The lowest BCUT2D eigenvalue weighted by molar-refractivity contribution is 0.959. The van der Waals surface area contributed by atoms with Gasteiger partial charge < -0.3 is 9.13 Å². The first kappa shape index (κ1) is 22.9. The molecule has 4 heterocycles. The number of hydrogen-bond acceptors (Lipinski definition) is 4. The average molecular weight is 534 g/mol. The Morgan fingerprint density at radius 3 is 2.30 bits per heavy atom. The number of rotatable bonds is 4. The number of benzene rings is 4. The lowest BCUT2D eigenvalue weighted by Gasteiger charge is -2.11. The fourth-order valence-corrected chi connectivity index (χ4v) is 6.28. The molecule has 8 aromatic rings. The minimum absolute atomic E-state index is 0.934. The predicted octanol–water partition coefficient (Wildman–Crippen LogP) is 8.52. The largest absolute Gasteiger partial charge is 0.327 e. The van der Waals surface area contributed by atoms with E-state index in [1.807, 2.05) is 23.8 Å². The lowest BCUT2D eigenvalue weighted by atomic mass is 10.1. The van der Waals surface area contributed by atoms with Crippen molar-refractivity contribution >= 4 is 44.2 Å². The topological polar surface area (TPSA) is 48.5 Å². The molecular formula is C34H23N5S. The van der Waals surface area contributed by atoms with E-state index in [9.17, 15) is 0 Å². The van der Waals surface area contributed by atoms with Gasteiger partial charge >= 0.3 is 0 Å². The zero-order valence-corrected chi connectivity index (χ0v) is 22.5. The molecule has 40 heavy (non-hydrogen) atoms. The molecule has 0 atom stereocenters. The fraction of sp³-hybridized carbons (Fsp3) is 0.0294. The number of nitrogens with zero attached hydrogens (tertiary/aromatic N) is 5. The number of aromatic nitrogens is 5. The van der Waals surface area contributed by atoms with Crippen LogP contribution in [-0.4, -0.2) is 24.1 Å². The van der Waals surface area contributed by atoms with E-state index in [0.717, 1.165) is 55.5 Å². The van der Waals surface area contributed by atoms with Crippen LogP contribution in [0.15, 0.2) is 121 Å². The van der Waals surface area contributed by atoms with Crippen LogP contribution < -0.4 is 0 Å². The maximum atomic E-state index is 4.97. The van der Waals surface area contributed by atoms with Crippen molar-refractivity contribution < 1.29 is 0 Å². The molecule has 0 aliphatic rings. The van der Waals surface area contributed by atoms with E-state index in [-0.39, 0.29) is 0 Å². The molecule has 0 spiro atoms. The Morgan fingerprint density at radius 1 is 0.650 bits per heavy atom. The maximum absolute atomic E-state index is 4.97. The van der Waals surface area contributed by atoms with Crippen LogP contribution in [0, 0.1) is 0 Å². The average Bonchev–Trinajstić information content (AvgIpc) is 3.74. The normalized spacial score (nSPS) is 11.6. The number of pyridine rings is 1. The Bertz CT molecular complexity index is 2170. The second-order valence-electron chi connectivity index (χ2n) is 9.89. The van der Waals surface area contributed by atoms with Crippen molar-refractivity contribution in [3.63, 3.8) is 0 Å². The molecule has 8 rings (SSSR count). The Balaban J connectivity index is 1.30. The summed E-state index contributed by atoms with van der Waals surface area (Å²) in [6.45, 7) is 0. The van der Waals surface area contributed by atoms with E-state index < -0.39 is 0 Å². The van der Waals surface area contributed by atoms with Crippen LogP contribution >= 0.6 is 11.3 Å². The highest BCUT2D eigenvalue weighted by atomic mass is 32.1. The van der Waals surface area contributed by atoms with E-state index in [1.54, 1.807) is 11.3 Å². The highest BCUT2D eigenvalue weighted by Gasteiger charge is 2.16. The third kappa shape index (κ3) is 3.57. The second-order valence-corrected chi connectivity index (χ2v) is 10.8. The molecule has 6 heteroatoms. The quantitative estimate of drug-likeness (QED) is 0.228. The van der Waals surface area contributed by atoms with Crippen molar-refractivity contribution in [1.29, 1.82) is 0 Å². The highest BCUT2D eigenvalue weighted by molar-refractivity contribution is 7.13. The standard InChI is InChI=1S/C34H23N5S/c1-38-31-12-5-3-10-29(31)37-33(38)23-13-15-27-26-9-2-4-11-30(26)39(32(27)20-23)25-8-6-7-22(19-25)28-16-14-24(21-36-28)34-35-17-18-40-34/h2-21H,1H3. The summed E-state index contributed by atoms with van der Waals surface area (Å²) in [4.78, 5) is 14.2. The number of hydrogen-bond donors (Lipinski definition) is 0. The van der Waals surface area contributed by atoms with E-state index in [1.165, 1.54) is 16.3 Å². The van der Waals surface area contributed by atoms with Gasteiger partial charge in [-0.3, -0.25) is 4.98 Å². The van der Waals surface area contributed by atoms with E-state index in [0.29, 0.717) is 0 Å². The molecule has 5 nitrogen and oxygen atoms in total. The molecule has 0 bridgehead atoms. The first-order valence-electron chi connectivity index (χ1n) is 13.2. The van der Waals surface area contributed by atoms with Gasteiger partial charge in [0.1, 0.15) is 10.8 Å². The van der Waals surface area contributed by atoms with Crippen LogP contribution in [0.5, 0.6) is 0 Å². The van der Waals surface area contributed by atoms with Gasteiger partial charge in [-0.1, -0.05) is 54.6 Å². The summed E-state index contributed by atoms with van der Waals surface area (Å²) in [5.74, 6) is 0.957. The monoisotopic (exact) mass is 533 g/mol. The van der Waals surface area contributed by atoms with E-state index >= 15 is 0 Å². The van der Waals surface area contributed by atoms with Crippen LogP contribution in [0.1, 0.15) is 0 Å². The summed E-state index contributed by atoms with van der Waals surface area (Å²) >= 11 is 1.62. The zero-order valence-electron chi connectivity index (χ0n) is 21.7. The second kappa shape index (κ2) is 9.00. The molecule has 0 amide bonds. The summed E-state index contributed by atoms with van der Waals surface area (Å²) in [5, 5.41) is 5.41. The SMILES string of the molecule is Cn1c(-c2ccc3c4ccccc4n(-c4cccc(-c5ccc(-c6nccs6)cn5)c4)c3c2)nc2ccccc21. The number of aryl methyl sites for hydroxylation is 1.